The Kier molecular flexibility index (Phi) is 7.05. The molecule has 1 heterocycles. The monoisotopic (exact) mass is 390 g/mol. The van der Waals surface area contributed by atoms with E-state index in [0.717, 1.165) is 23.8 Å². The standard InChI is InChI=1S/C23H26N4O2/c1-24-23(27(2)17-18-8-4-3-5-9-18)26-15-19-10-6-11-20(14-19)22(28)25-16-21-12-7-13-29-21/h3-14H,15-17H2,1-2H3,(H,24,26)(H,25,28). The Morgan fingerprint density at radius 1 is 0.966 bits per heavy atom. The van der Waals surface area contributed by atoms with Crippen molar-refractivity contribution in [3.8, 4) is 0 Å². The van der Waals surface area contributed by atoms with Gasteiger partial charge in [-0.25, -0.2) is 0 Å². The zero-order chi connectivity index (χ0) is 20.5. The van der Waals surface area contributed by atoms with Crippen molar-refractivity contribution in [2.75, 3.05) is 14.1 Å². The Balaban J connectivity index is 1.55. The fraction of sp³-hybridized carbons (Fsp3) is 0.217. The third-order valence-electron chi connectivity index (χ3n) is 4.48. The predicted molar refractivity (Wildman–Crippen MR) is 114 cm³/mol. The van der Waals surface area contributed by atoms with Crippen LogP contribution in [-0.4, -0.2) is 30.9 Å². The summed E-state index contributed by atoms with van der Waals surface area (Å²) >= 11 is 0. The third-order valence-corrected chi connectivity index (χ3v) is 4.48. The number of nitrogens with zero attached hydrogens (tertiary/aromatic N) is 2. The number of hydrogen-bond acceptors (Lipinski definition) is 3. The largest absolute Gasteiger partial charge is 0.467 e. The SMILES string of the molecule is CN=C(NCc1cccc(C(=O)NCc2ccco2)c1)N(C)Cc1ccccc1. The molecule has 0 spiro atoms. The molecule has 0 saturated heterocycles. The van der Waals surface area contributed by atoms with Crippen molar-refractivity contribution < 1.29 is 9.21 Å². The number of carbonyl (C=O) groups is 1. The molecule has 0 aliphatic rings. The van der Waals surface area contributed by atoms with Crippen LogP contribution in [0.25, 0.3) is 0 Å². The Morgan fingerprint density at radius 3 is 2.48 bits per heavy atom. The molecule has 0 aliphatic heterocycles. The number of furan rings is 1. The Morgan fingerprint density at radius 2 is 1.76 bits per heavy atom. The number of guanidine groups is 1. The van der Waals surface area contributed by atoms with Gasteiger partial charge in [0.25, 0.3) is 5.91 Å². The summed E-state index contributed by atoms with van der Waals surface area (Å²) in [7, 11) is 3.77. The van der Waals surface area contributed by atoms with Gasteiger partial charge in [-0.1, -0.05) is 42.5 Å². The molecule has 29 heavy (non-hydrogen) atoms. The molecule has 2 aromatic carbocycles. The summed E-state index contributed by atoms with van der Waals surface area (Å²) in [5.41, 5.74) is 2.83. The van der Waals surface area contributed by atoms with Crippen molar-refractivity contribution in [2.45, 2.75) is 19.6 Å². The van der Waals surface area contributed by atoms with E-state index in [9.17, 15) is 4.79 Å². The molecule has 3 rings (SSSR count). The van der Waals surface area contributed by atoms with Crippen molar-refractivity contribution in [2.24, 2.45) is 4.99 Å². The van der Waals surface area contributed by atoms with Crippen molar-refractivity contribution in [1.29, 1.82) is 0 Å². The highest BCUT2D eigenvalue weighted by Crippen LogP contribution is 2.08. The van der Waals surface area contributed by atoms with Gasteiger partial charge < -0.3 is 20.0 Å². The number of amides is 1. The molecule has 0 atom stereocenters. The van der Waals surface area contributed by atoms with E-state index in [4.69, 9.17) is 4.42 Å². The highest BCUT2D eigenvalue weighted by Gasteiger charge is 2.09. The quantitative estimate of drug-likeness (QED) is 0.479. The first-order valence-electron chi connectivity index (χ1n) is 9.51. The third kappa shape index (κ3) is 5.97. The lowest BCUT2D eigenvalue weighted by Gasteiger charge is -2.22. The molecule has 0 unspecified atom stereocenters. The number of aliphatic imine (C=N–C) groups is 1. The van der Waals surface area contributed by atoms with E-state index >= 15 is 0 Å². The van der Waals surface area contributed by atoms with Crippen LogP contribution in [0.4, 0.5) is 0 Å². The highest BCUT2D eigenvalue weighted by molar-refractivity contribution is 5.94. The molecule has 2 N–H and O–H groups in total. The number of rotatable bonds is 7. The Bertz CT molecular complexity index is 937. The van der Waals surface area contributed by atoms with Crippen molar-refractivity contribution in [3.63, 3.8) is 0 Å². The summed E-state index contributed by atoms with van der Waals surface area (Å²) in [6.07, 6.45) is 1.59. The van der Waals surface area contributed by atoms with Gasteiger partial charge in [-0.15, -0.1) is 0 Å². The van der Waals surface area contributed by atoms with E-state index in [-0.39, 0.29) is 5.91 Å². The molecule has 3 aromatic rings. The number of hydrogen-bond donors (Lipinski definition) is 2. The molecule has 0 bridgehead atoms. The number of nitrogens with one attached hydrogen (secondary N) is 2. The van der Waals surface area contributed by atoms with Crippen molar-refractivity contribution >= 4 is 11.9 Å². The fourth-order valence-corrected chi connectivity index (χ4v) is 3.00. The van der Waals surface area contributed by atoms with E-state index < -0.39 is 0 Å². The molecule has 150 valence electrons. The normalized spacial score (nSPS) is 11.2. The van der Waals surface area contributed by atoms with Crippen LogP contribution in [0.5, 0.6) is 0 Å². The van der Waals surface area contributed by atoms with Crippen LogP contribution in [0.3, 0.4) is 0 Å². The van der Waals surface area contributed by atoms with E-state index in [1.165, 1.54) is 5.56 Å². The fourth-order valence-electron chi connectivity index (χ4n) is 3.00. The van der Waals surface area contributed by atoms with Crippen LogP contribution in [0.2, 0.25) is 0 Å². The first-order valence-corrected chi connectivity index (χ1v) is 9.51. The highest BCUT2D eigenvalue weighted by atomic mass is 16.3. The van der Waals surface area contributed by atoms with Gasteiger partial charge in [0.05, 0.1) is 12.8 Å². The second kappa shape index (κ2) is 10.1. The van der Waals surface area contributed by atoms with Gasteiger partial charge in [-0.3, -0.25) is 9.79 Å². The average molecular weight is 390 g/mol. The van der Waals surface area contributed by atoms with Gasteiger partial charge in [0.1, 0.15) is 5.76 Å². The summed E-state index contributed by atoms with van der Waals surface area (Å²) in [4.78, 5) is 18.8. The van der Waals surface area contributed by atoms with Gasteiger partial charge in [-0.2, -0.15) is 0 Å². The van der Waals surface area contributed by atoms with Gasteiger partial charge >= 0.3 is 0 Å². The van der Waals surface area contributed by atoms with Gasteiger partial charge in [-0.05, 0) is 35.4 Å². The lowest BCUT2D eigenvalue weighted by atomic mass is 10.1. The van der Waals surface area contributed by atoms with Crippen LogP contribution in [0, 0.1) is 0 Å². The maximum absolute atomic E-state index is 12.4. The van der Waals surface area contributed by atoms with Gasteiger partial charge in [0.15, 0.2) is 5.96 Å². The predicted octanol–water partition coefficient (Wildman–Crippen LogP) is 3.42. The zero-order valence-electron chi connectivity index (χ0n) is 16.8. The molecule has 0 radical (unpaired) electrons. The van der Waals surface area contributed by atoms with Crippen LogP contribution < -0.4 is 10.6 Å². The minimum absolute atomic E-state index is 0.131. The summed E-state index contributed by atoms with van der Waals surface area (Å²) in [6.45, 7) is 1.70. The second-order valence-electron chi connectivity index (χ2n) is 6.70. The zero-order valence-corrected chi connectivity index (χ0v) is 16.8. The molecule has 0 aliphatic carbocycles. The van der Waals surface area contributed by atoms with Crippen molar-refractivity contribution in [1.82, 2.24) is 15.5 Å². The van der Waals surface area contributed by atoms with E-state index in [0.29, 0.717) is 18.7 Å². The van der Waals surface area contributed by atoms with Crippen LogP contribution in [0.15, 0.2) is 82.4 Å². The maximum atomic E-state index is 12.4. The first-order chi connectivity index (χ1) is 14.2. The Labute approximate surface area is 171 Å². The topological polar surface area (TPSA) is 69.9 Å². The van der Waals surface area contributed by atoms with Gasteiger partial charge in [0, 0.05) is 32.7 Å². The molecule has 0 saturated carbocycles. The van der Waals surface area contributed by atoms with Crippen LogP contribution in [0.1, 0.15) is 27.2 Å². The molecule has 0 fully saturated rings. The smallest absolute Gasteiger partial charge is 0.251 e. The van der Waals surface area contributed by atoms with Crippen molar-refractivity contribution in [3.05, 3.63) is 95.4 Å². The summed E-state index contributed by atoms with van der Waals surface area (Å²) in [6, 6.07) is 21.4. The van der Waals surface area contributed by atoms with E-state index in [1.807, 2.05) is 49.5 Å². The number of benzene rings is 2. The minimum Gasteiger partial charge on any atom is -0.467 e. The van der Waals surface area contributed by atoms with E-state index in [2.05, 4.69) is 32.7 Å². The van der Waals surface area contributed by atoms with E-state index in [1.54, 1.807) is 25.4 Å². The average Bonchev–Trinajstić information content (AvgIpc) is 3.27. The molecule has 6 heteroatoms. The summed E-state index contributed by atoms with van der Waals surface area (Å²) < 4.78 is 5.24. The summed E-state index contributed by atoms with van der Waals surface area (Å²) in [5.74, 6) is 1.39. The van der Waals surface area contributed by atoms with Crippen LogP contribution >= 0.6 is 0 Å². The minimum atomic E-state index is -0.131. The lowest BCUT2D eigenvalue weighted by Crippen LogP contribution is -2.38. The second-order valence-corrected chi connectivity index (χ2v) is 6.70. The first kappa shape index (κ1) is 20.2. The maximum Gasteiger partial charge on any atom is 0.251 e. The molecular formula is C23H26N4O2. The summed E-state index contributed by atoms with van der Waals surface area (Å²) in [5, 5.41) is 6.22. The Hall–Kier alpha value is -3.54. The number of carbonyl (C=O) groups excluding carboxylic acids is 1. The molecule has 1 amide bonds. The van der Waals surface area contributed by atoms with Crippen LogP contribution in [-0.2, 0) is 19.6 Å². The molecule has 6 nitrogen and oxygen atoms in total. The molecule has 1 aromatic heterocycles. The lowest BCUT2D eigenvalue weighted by molar-refractivity contribution is 0.0948. The molecular weight excluding hydrogens is 364 g/mol. The van der Waals surface area contributed by atoms with Gasteiger partial charge in [0.2, 0.25) is 0 Å².